The minimum atomic E-state index is 0.279. The Hall–Kier alpha value is -1.46. The molecule has 2 rings (SSSR count). The zero-order valence-corrected chi connectivity index (χ0v) is 12.4. The first-order valence-electron chi connectivity index (χ1n) is 6.23. The molecular formula is C14H17BrN4. The van der Waals surface area contributed by atoms with Crippen LogP contribution in [0.4, 0.5) is 5.95 Å². The Bertz CT molecular complexity index is 527. The van der Waals surface area contributed by atoms with Gasteiger partial charge in [-0.3, -0.25) is 0 Å². The lowest BCUT2D eigenvalue weighted by Crippen LogP contribution is -2.20. The van der Waals surface area contributed by atoms with E-state index in [-0.39, 0.29) is 6.04 Å². The van der Waals surface area contributed by atoms with Crippen LogP contribution in [0.1, 0.15) is 13.3 Å². The van der Waals surface area contributed by atoms with Crippen molar-refractivity contribution in [3.05, 3.63) is 41.1 Å². The highest BCUT2D eigenvalue weighted by Crippen LogP contribution is 2.22. The number of benzene rings is 1. The van der Waals surface area contributed by atoms with Crippen LogP contribution in [0.5, 0.6) is 0 Å². The van der Waals surface area contributed by atoms with Crippen molar-refractivity contribution in [1.82, 2.24) is 9.97 Å². The third-order valence-corrected chi connectivity index (χ3v) is 3.28. The third kappa shape index (κ3) is 4.01. The molecule has 0 fully saturated rings. The van der Waals surface area contributed by atoms with Gasteiger partial charge >= 0.3 is 0 Å². The van der Waals surface area contributed by atoms with Gasteiger partial charge in [-0.2, -0.15) is 0 Å². The van der Waals surface area contributed by atoms with E-state index in [1.165, 1.54) is 0 Å². The van der Waals surface area contributed by atoms with Crippen LogP contribution < -0.4 is 11.1 Å². The van der Waals surface area contributed by atoms with E-state index in [0.717, 1.165) is 22.0 Å². The number of nitrogens with zero attached hydrogens (tertiary/aromatic N) is 2. The van der Waals surface area contributed by atoms with Gasteiger partial charge in [0.1, 0.15) is 0 Å². The maximum atomic E-state index is 5.51. The van der Waals surface area contributed by atoms with Crippen molar-refractivity contribution in [3.63, 3.8) is 0 Å². The zero-order chi connectivity index (χ0) is 13.7. The van der Waals surface area contributed by atoms with Gasteiger partial charge in [0, 0.05) is 28.5 Å². The Balaban J connectivity index is 2.10. The average Bonchev–Trinajstić information content (AvgIpc) is 2.40. The summed E-state index contributed by atoms with van der Waals surface area (Å²) in [6.07, 6.45) is 4.55. The van der Waals surface area contributed by atoms with Gasteiger partial charge in [-0.25, -0.2) is 9.97 Å². The molecule has 0 aliphatic heterocycles. The van der Waals surface area contributed by atoms with Crippen LogP contribution in [0, 0.1) is 0 Å². The standard InChI is InChI=1S/C14H17BrN4/c1-10(5-6-16)19-14-17-8-12(9-18-14)11-3-2-4-13(15)7-11/h2-4,7-10H,5-6,16H2,1H3,(H,17,18,19). The molecule has 0 saturated heterocycles. The quantitative estimate of drug-likeness (QED) is 0.888. The number of aromatic nitrogens is 2. The van der Waals surface area contributed by atoms with E-state index in [2.05, 4.69) is 38.1 Å². The SMILES string of the molecule is CC(CCN)Nc1ncc(-c2cccc(Br)c2)cn1. The van der Waals surface area contributed by atoms with Gasteiger partial charge in [0.15, 0.2) is 0 Å². The van der Waals surface area contributed by atoms with Crippen LogP contribution in [-0.2, 0) is 0 Å². The van der Waals surface area contributed by atoms with E-state index >= 15 is 0 Å². The Labute approximate surface area is 121 Å². The molecule has 0 spiro atoms. The van der Waals surface area contributed by atoms with E-state index in [1.807, 2.05) is 36.7 Å². The Kier molecular flexibility index (Phi) is 4.87. The highest BCUT2D eigenvalue weighted by molar-refractivity contribution is 9.10. The molecule has 0 aliphatic rings. The smallest absolute Gasteiger partial charge is 0.222 e. The van der Waals surface area contributed by atoms with Crippen LogP contribution >= 0.6 is 15.9 Å². The largest absolute Gasteiger partial charge is 0.352 e. The summed E-state index contributed by atoms with van der Waals surface area (Å²) in [4.78, 5) is 8.66. The summed E-state index contributed by atoms with van der Waals surface area (Å²) in [5, 5.41) is 3.22. The minimum Gasteiger partial charge on any atom is -0.352 e. The molecule has 2 aromatic rings. The van der Waals surface area contributed by atoms with Gasteiger partial charge in [-0.05, 0) is 37.6 Å². The lowest BCUT2D eigenvalue weighted by Gasteiger charge is -2.12. The first kappa shape index (κ1) is 14.0. The van der Waals surface area contributed by atoms with Crippen molar-refractivity contribution in [2.24, 2.45) is 5.73 Å². The molecule has 0 saturated carbocycles. The highest BCUT2D eigenvalue weighted by atomic mass is 79.9. The zero-order valence-electron chi connectivity index (χ0n) is 10.8. The second-order valence-electron chi connectivity index (χ2n) is 4.43. The fourth-order valence-electron chi connectivity index (χ4n) is 1.76. The van der Waals surface area contributed by atoms with E-state index in [9.17, 15) is 0 Å². The van der Waals surface area contributed by atoms with Crippen molar-refractivity contribution in [2.45, 2.75) is 19.4 Å². The lowest BCUT2D eigenvalue weighted by molar-refractivity contribution is 0.709. The second-order valence-corrected chi connectivity index (χ2v) is 5.34. The van der Waals surface area contributed by atoms with Crippen molar-refractivity contribution in [2.75, 3.05) is 11.9 Å². The molecule has 0 aliphatic carbocycles. The number of anilines is 1. The van der Waals surface area contributed by atoms with Crippen LogP contribution in [-0.4, -0.2) is 22.6 Å². The topological polar surface area (TPSA) is 63.8 Å². The molecule has 0 bridgehead atoms. The molecule has 1 atom stereocenters. The fourth-order valence-corrected chi connectivity index (χ4v) is 2.16. The highest BCUT2D eigenvalue weighted by Gasteiger charge is 2.04. The normalized spacial score (nSPS) is 12.2. The molecule has 1 heterocycles. The number of nitrogens with one attached hydrogen (secondary N) is 1. The van der Waals surface area contributed by atoms with Gasteiger partial charge in [-0.15, -0.1) is 0 Å². The maximum absolute atomic E-state index is 5.51. The molecule has 100 valence electrons. The number of rotatable bonds is 5. The van der Waals surface area contributed by atoms with Crippen molar-refractivity contribution < 1.29 is 0 Å². The Morgan fingerprint density at radius 1 is 1.26 bits per heavy atom. The summed E-state index contributed by atoms with van der Waals surface area (Å²) in [7, 11) is 0. The average molecular weight is 321 g/mol. The van der Waals surface area contributed by atoms with E-state index in [4.69, 9.17) is 5.73 Å². The first-order chi connectivity index (χ1) is 9.19. The first-order valence-corrected chi connectivity index (χ1v) is 7.03. The maximum Gasteiger partial charge on any atom is 0.222 e. The number of nitrogens with two attached hydrogens (primary N) is 1. The summed E-state index contributed by atoms with van der Waals surface area (Å²) >= 11 is 3.46. The van der Waals surface area contributed by atoms with Crippen LogP contribution in [0.25, 0.3) is 11.1 Å². The van der Waals surface area contributed by atoms with Gasteiger partial charge in [0.05, 0.1) is 0 Å². The van der Waals surface area contributed by atoms with Crippen LogP contribution in [0.3, 0.4) is 0 Å². The molecular weight excluding hydrogens is 304 g/mol. The summed E-state index contributed by atoms with van der Waals surface area (Å²) < 4.78 is 1.05. The van der Waals surface area contributed by atoms with Crippen LogP contribution in [0.15, 0.2) is 41.1 Å². The molecule has 1 aromatic heterocycles. The Morgan fingerprint density at radius 2 is 2.00 bits per heavy atom. The fraction of sp³-hybridized carbons (Fsp3) is 0.286. The molecule has 5 heteroatoms. The minimum absolute atomic E-state index is 0.279. The molecule has 3 N–H and O–H groups in total. The van der Waals surface area contributed by atoms with Crippen LogP contribution in [0.2, 0.25) is 0 Å². The van der Waals surface area contributed by atoms with Gasteiger partial charge in [0.25, 0.3) is 0 Å². The van der Waals surface area contributed by atoms with Crippen molar-refractivity contribution in [1.29, 1.82) is 0 Å². The monoisotopic (exact) mass is 320 g/mol. The predicted molar refractivity (Wildman–Crippen MR) is 81.9 cm³/mol. The van der Waals surface area contributed by atoms with E-state index in [0.29, 0.717) is 12.5 Å². The summed E-state index contributed by atoms with van der Waals surface area (Å²) in [6, 6.07) is 8.35. The summed E-state index contributed by atoms with van der Waals surface area (Å²) in [6.45, 7) is 2.72. The van der Waals surface area contributed by atoms with E-state index < -0.39 is 0 Å². The third-order valence-electron chi connectivity index (χ3n) is 2.78. The molecule has 4 nitrogen and oxygen atoms in total. The summed E-state index contributed by atoms with van der Waals surface area (Å²) in [5.74, 6) is 0.639. The van der Waals surface area contributed by atoms with Gasteiger partial charge in [-0.1, -0.05) is 28.1 Å². The Morgan fingerprint density at radius 3 is 2.63 bits per heavy atom. The second kappa shape index (κ2) is 6.63. The molecule has 0 radical (unpaired) electrons. The molecule has 0 amide bonds. The summed E-state index contributed by atoms with van der Waals surface area (Å²) in [5.41, 5.74) is 7.60. The lowest BCUT2D eigenvalue weighted by atomic mass is 10.1. The van der Waals surface area contributed by atoms with E-state index in [1.54, 1.807) is 0 Å². The molecule has 1 unspecified atom stereocenters. The number of hydrogen-bond donors (Lipinski definition) is 2. The number of halogens is 1. The van der Waals surface area contributed by atoms with Gasteiger partial charge in [0.2, 0.25) is 5.95 Å². The predicted octanol–water partition coefficient (Wildman–Crippen LogP) is 3.06. The number of hydrogen-bond acceptors (Lipinski definition) is 4. The van der Waals surface area contributed by atoms with Gasteiger partial charge < -0.3 is 11.1 Å². The molecule has 1 aromatic carbocycles. The van der Waals surface area contributed by atoms with Crippen molar-refractivity contribution in [3.8, 4) is 11.1 Å². The molecule has 19 heavy (non-hydrogen) atoms. The van der Waals surface area contributed by atoms with Crippen molar-refractivity contribution >= 4 is 21.9 Å².